The number of amides is 1. The van der Waals surface area contributed by atoms with Crippen LogP contribution in [0.25, 0.3) is 10.2 Å². The maximum absolute atomic E-state index is 12.3. The van der Waals surface area contributed by atoms with Gasteiger partial charge in [-0.25, -0.2) is 15.0 Å². The van der Waals surface area contributed by atoms with Crippen molar-refractivity contribution in [2.75, 3.05) is 11.6 Å². The summed E-state index contributed by atoms with van der Waals surface area (Å²) in [4.78, 5) is 24.9. The van der Waals surface area contributed by atoms with Crippen LogP contribution in [0, 0.1) is 6.92 Å². The molecule has 5 nitrogen and oxygen atoms in total. The molecule has 0 saturated heterocycles. The normalized spacial score (nSPS) is 10.9. The molecule has 0 fully saturated rings. The number of nitrogens with one attached hydrogen (secondary N) is 1. The number of benzene rings is 1. The summed E-state index contributed by atoms with van der Waals surface area (Å²) >= 11 is 8.76. The van der Waals surface area contributed by atoms with E-state index in [0.29, 0.717) is 10.3 Å². The molecule has 8 heteroatoms. The van der Waals surface area contributed by atoms with E-state index < -0.39 is 5.91 Å². The van der Waals surface area contributed by atoms with Crippen LogP contribution in [-0.2, 0) is 0 Å². The molecule has 2 aromatic heterocycles. The number of fused-ring (bicyclic) bond motifs is 1. The average Bonchev–Trinajstić information content (AvgIpc) is 2.88. The summed E-state index contributed by atoms with van der Waals surface area (Å²) in [5.74, 6) is -0.390. The predicted octanol–water partition coefficient (Wildman–Crippen LogP) is 4.02. The van der Waals surface area contributed by atoms with E-state index in [4.69, 9.17) is 11.6 Å². The Labute approximate surface area is 140 Å². The van der Waals surface area contributed by atoms with Crippen LogP contribution < -0.4 is 5.32 Å². The lowest BCUT2D eigenvalue weighted by Gasteiger charge is -2.04. The third-order valence-electron chi connectivity index (χ3n) is 2.88. The highest BCUT2D eigenvalue weighted by Gasteiger charge is 2.16. The van der Waals surface area contributed by atoms with Crippen LogP contribution in [0.5, 0.6) is 0 Å². The minimum absolute atomic E-state index is 0.149. The summed E-state index contributed by atoms with van der Waals surface area (Å²) in [7, 11) is 0. The third-order valence-corrected chi connectivity index (χ3v) is 4.66. The number of thioether (sulfide) groups is 1. The molecule has 0 spiro atoms. The van der Waals surface area contributed by atoms with E-state index in [1.807, 2.05) is 31.4 Å². The highest BCUT2D eigenvalue weighted by atomic mass is 35.5. The van der Waals surface area contributed by atoms with Gasteiger partial charge in [-0.1, -0.05) is 40.8 Å². The average molecular weight is 351 g/mol. The van der Waals surface area contributed by atoms with Crippen LogP contribution in [-0.4, -0.2) is 27.1 Å². The van der Waals surface area contributed by atoms with Gasteiger partial charge < -0.3 is 0 Å². The van der Waals surface area contributed by atoms with E-state index in [0.717, 1.165) is 15.8 Å². The van der Waals surface area contributed by atoms with Crippen molar-refractivity contribution in [2.45, 2.75) is 12.1 Å². The number of rotatable bonds is 3. The quantitative estimate of drug-likeness (QED) is 0.570. The zero-order chi connectivity index (χ0) is 15.7. The summed E-state index contributed by atoms with van der Waals surface area (Å²) in [6.45, 7) is 2.02. The molecule has 0 radical (unpaired) electrons. The number of carbonyl (C=O) groups excluding carboxylic acids is 1. The molecule has 3 aromatic rings. The van der Waals surface area contributed by atoms with Crippen molar-refractivity contribution in [3.8, 4) is 0 Å². The van der Waals surface area contributed by atoms with Gasteiger partial charge in [-0.05, 0) is 30.9 Å². The Morgan fingerprint density at radius 2 is 2.18 bits per heavy atom. The number of hydrogen-bond donors (Lipinski definition) is 1. The highest BCUT2D eigenvalue weighted by molar-refractivity contribution is 7.98. The lowest BCUT2D eigenvalue weighted by atomic mass is 10.2. The molecule has 1 amide bonds. The topological polar surface area (TPSA) is 67.8 Å². The van der Waals surface area contributed by atoms with Crippen LogP contribution in [0.4, 0.5) is 5.13 Å². The van der Waals surface area contributed by atoms with Gasteiger partial charge in [0, 0.05) is 0 Å². The van der Waals surface area contributed by atoms with Gasteiger partial charge in [-0.3, -0.25) is 10.1 Å². The van der Waals surface area contributed by atoms with Gasteiger partial charge in [0.15, 0.2) is 16.0 Å². The first kappa shape index (κ1) is 15.2. The number of aryl methyl sites for hydroxylation is 1. The lowest BCUT2D eigenvalue weighted by molar-refractivity contribution is 0.102. The molecular weight excluding hydrogens is 340 g/mol. The van der Waals surface area contributed by atoms with Crippen LogP contribution in [0.2, 0.25) is 5.02 Å². The van der Waals surface area contributed by atoms with Gasteiger partial charge in [0.25, 0.3) is 5.91 Å². The Morgan fingerprint density at radius 1 is 1.36 bits per heavy atom. The molecule has 0 aliphatic carbocycles. The highest BCUT2D eigenvalue weighted by Crippen LogP contribution is 2.27. The van der Waals surface area contributed by atoms with Gasteiger partial charge >= 0.3 is 0 Å². The van der Waals surface area contributed by atoms with E-state index in [1.54, 1.807) is 0 Å². The zero-order valence-corrected chi connectivity index (χ0v) is 14.1. The summed E-state index contributed by atoms with van der Waals surface area (Å²) in [5, 5.41) is 3.97. The Morgan fingerprint density at radius 3 is 2.95 bits per heavy atom. The largest absolute Gasteiger partial charge is 0.296 e. The molecule has 0 saturated carbocycles. The minimum atomic E-state index is -0.390. The number of nitrogens with zero attached hydrogens (tertiary/aromatic N) is 3. The smallest absolute Gasteiger partial charge is 0.277 e. The third kappa shape index (κ3) is 3.06. The number of hydrogen-bond acceptors (Lipinski definition) is 6. The standard InChI is InChI=1S/C14H11ClN4OS2/c1-7-3-4-9-10(5-7)22-14(17-9)19-12(20)11-8(15)6-16-13(18-11)21-2/h3-6H,1-2H3,(H,17,19,20). The SMILES string of the molecule is CSc1ncc(Cl)c(C(=O)Nc2nc3ccc(C)cc3s2)n1. The number of thiazole rings is 1. The van der Waals surface area contributed by atoms with E-state index in [2.05, 4.69) is 20.3 Å². The molecule has 1 N–H and O–H groups in total. The number of halogens is 1. The zero-order valence-electron chi connectivity index (χ0n) is 11.8. The number of aromatic nitrogens is 3. The molecule has 2 heterocycles. The van der Waals surface area contributed by atoms with Crippen molar-refractivity contribution in [2.24, 2.45) is 0 Å². The van der Waals surface area contributed by atoms with E-state index in [9.17, 15) is 4.79 Å². The maximum Gasteiger partial charge on any atom is 0.277 e. The number of carbonyl (C=O) groups is 1. The Balaban J connectivity index is 1.89. The van der Waals surface area contributed by atoms with Crippen LogP contribution in [0.3, 0.4) is 0 Å². The molecule has 0 aliphatic rings. The van der Waals surface area contributed by atoms with Gasteiger partial charge in [0.1, 0.15) is 0 Å². The molecule has 0 unspecified atom stereocenters. The molecule has 0 aliphatic heterocycles. The van der Waals surface area contributed by atoms with Crippen molar-refractivity contribution < 1.29 is 4.79 Å². The molecule has 112 valence electrons. The molecule has 0 atom stereocenters. The second kappa shape index (κ2) is 6.20. The van der Waals surface area contributed by atoms with Crippen molar-refractivity contribution in [3.63, 3.8) is 0 Å². The molecular formula is C14H11ClN4OS2. The van der Waals surface area contributed by atoms with Crippen LogP contribution in [0.15, 0.2) is 29.6 Å². The van der Waals surface area contributed by atoms with Crippen molar-refractivity contribution in [3.05, 3.63) is 40.7 Å². The van der Waals surface area contributed by atoms with E-state index >= 15 is 0 Å². The summed E-state index contributed by atoms with van der Waals surface area (Å²) in [5.41, 5.74) is 2.15. The summed E-state index contributed by atoms with van der Waals surface area (Å²) < 4.78 is 1.02. The van der Waals surface area contributed by atoms with Crippen LogP contribution >= 0.6 is 34.7 Å². The molecule has 3 rings (SSSR count). The first-order valence-corrected chi connectivity index (χ1v) is 8.74. The first-order valence-electron chi connectivity index (χ1n) is 6.32. The van der Waals surface area contributed by atoms with Crippen molar-refractivity contribution in [1.82, 2.24) is 15.0 Å². The Hall–Kier alpha value is -1.70. The summed E-state index contributed by atoms with van der Waals surface area (Å²) in [6.07, 6.45) is 3.26. The molecule has 1 aromatic carbocycles. The first-order chi connectivity index (χ1) is 10.6. The summed E-state index contributed by atoms with van der Waals surface area (Å²) in [6, 6.07) is 5.95. The van der Waals surface area contributed by atoms with E-state index in [1.165, 1.54) is 29.3 Å². The van der Waals surface area contributed by atoms with Crippen LogP contribution in [0.1, 0.15) is 16.1 Å². The predicted molar refractivity (Wildman–Crippen MR) is 91.1 cm³/mol. The monoisotopic (exact) mass is 350 g/mol. The fourth-order valence-corrected chi connectivity index (χ4v) is 3.33. The second-order valence-corrected chi connectivity index (χ2v) is 6.71. The molecule has 22 heavy (non-hydrogen) atoms. The maximum atomic E-state index is 12.3. The second-order valence-electron chi connectivity index (χ2n) is 4.50. The van der Waals surface area contributed by atoms with Crippen molar-refractivity contribution in [1.29, 1.82) is 0 Å². The van der Waals surface area contributed by atoms with Gasteiger partial charge in [0.2, 0.25) is 0 Å². The fraction of sp³-hybridized carbons (Fsp3) is 0.143. The number of anilines is 1. The minimum Gasteiger partial charge on any atom is -0.296 e. The fourth-order valence-electron chi connectivity index (χ4n) is 1.85. The Kier molecular flexibility index (Phi) is 4.28. The lowest BCUT2D eigenvalue weighted by Crippen LogP contribution is -2.15. The van der Waals surface area contributed by atoms with Gasteiger partial charge in [-0.2, -0.15) is 0 Å². The van der Waals surface area contributed by atoms with Crippen molar-refractivity contribution >= 4 is 56.0 Å². The van der Waals surface area contributed by atoms with E-state index in [-0.39, 0.29) is 10.7 Å². The molecule has 0 bridgehead atoms. The van der Waals surface area contributed by atoms with Gasteiger partial charge in [0.05, 0.1) is 21.4 Å². The Bertz CT molecular complexity index is 865. The van der Waals surface area contributed by atoms with Gasteiger partial charge in [-0.15, -0.1) is 0 Å².